The van der Waals surface area contributed by atoms with E-state index >= 15 is 0 Å². The fourth-order valence-corrected chi connectivity index (χ4v) is 20.5. The molecule has 20 aromatic carbocycles. The highest BCUT2D eigenvalue weighted by Crippen LogP contribution is 2.49. The molecule has 0 bridgehead atoms. The Hall–Kier alpha value is -18.3. The van der Waals surface area contributed by atoms with Crippen molar-refractivity contribution in [2.75, 3.05) is 0 Å². The zero-order valence-corrected chi connectivity index (χ0v) is 71.9. The second-order valence-corrected chi connectivity index (χ2v) is 34.2. The lowest BCUT2D eigenvalue weighted by molar-refractivity contribution is 0.669. The maximum atomic E-state index is 6.75. The monoisotopic (exact) mass is 1710 g/mol. The van der Waals surface area contributed by atoms with Crippen LogP contribution in [0.25, 0.3) is 270 Å². The van der Waals surface area contributed by atoms with Gasteiger partial charge in [-0.05, 0) is 125 Å². The van der Waals surface area contributed by atoms with Gasteiger partial charge in [-0.25, -0.2) is 29.9 Å². The second-order valence-electron chi connectivity index (χ2n) is 34.2. The molecule has 0 radical (unpaired) electrons. The molecule has 29 aromatic rings. The molecule has 0 unspecified atom stereocenters. The number of para-hydroxylation sites is 5. The molecule has 0 aliphatic rings. The average molecular weight is 1710 g/mol. The summed E-state index contributed by atoms with van der Waals surface area (Å²) < 4.78 is 26.7. The molecule has 9 aromatic heterocycles. The van der Waals surface area contributed by atoms with Gasteiger partial charge in [0.15, 0.2) is 11.2 Å². The van der Waals surface area contributed by atoms with Gasteiger partial charge >= 0.3 is 0 Å². The van der Waals surface area contributed by atoms with E-state index in [2.05, 4.69) is 317 Å². The molecule has 0 spiro atoms. The lowest BCUT2D eigenvalue weighted by Gasteiger charge is -2.13. The average Bonchev–Trinajstić information content (AvgIpc) is 1.53. The van der Waals surface area contributed by atoms with Crippen molar-refractivity contribution in [3.63, 3.8) is 0 Å². The van der Waals surface area contributed by atoms with Crippen molar-refractivity contribution in [3.8, 4) is 84.6 Å². The van der Waals surface area contributed by atoms with Gasteiger partial charge in [0.1, 0.15) is 22.3 Å². The molecular formula is C122H73N9O3. The SMILES string of the molecule is c1ccc(-c2nc3ccc(-n4c5cc6oc7ccccc7c6cc5c5c6ccccc6ccc54)cc3nc2-c2ccccc2)cc1.c1ccc(-c2nc3ccc(-n4c5ccccc5c5c6ccccc6c6c7ccccc7oc6c54)cc3nc2-c2ccccc2)cc1.c1ccc(-c2nc3ccc(-n4c5ccccc5c5ccc6c7ccccc7oc6c54)cc3nc2-c2ccccc2)cc1. The van der Waals surface area contributed by atoms with E-state index in [0.29, 0.717) is 0 Å². The number of benzene rings is 20. The van der Waals surface area contributed by atoms with Crippen LogP contribution in [0.4, 0.5) is 0 Å². The topological polar surface area (TPSA) is 132 Å². The summed E-state index contributed by atoms with van der Waals surface area (Å²) >= 11 is 0. The van der Waals surface area contributed by atoms with Crippen molar-refractivity contribution in [3.05, 3.63) is 443 Å². The molecule has 0 aliphatic carbocycles. The van der Waals surface area contributed by atoms with Gasteiger partial charge in [0.25, 0.3) is 0 Å². The van der Waals surface area contributed by atoms with Crippen LogP contribution in [0.1, 0.15) is 0 Å². The van der Waals surface area contributed by atoms with E-state index in [0.717, 1.165) is 222 Å². The number of rotatable bonds is 9. The summed E-state index contributed by atoms with van der Waals surface area (Å²) in [6.07, 6.45) is 0. The van der Waals surface area contributed by atoms with Crippen molar-refractivity contribution in [1.82, 2.24) is 43.6 Å². The van der Waals surface area contributed by atoms with Crippen LogP contribution in [0.5, 0.6) is 0 Å². The first-order chi connectivity index (χ1) is 66.5. The molecule has 0 atom stereocenters. The van der Waals surface area contributed by atoms with Gasteiger partial charge in [-0.15, -0.1) is 0 Å². The number of furan rings is 3. The maximum absolute atomic E-state index is 6.75. The van der Waals surface area contributed by atoms with Crippen LogP contribution in [0.15, 0.2) is 456 Å². The molecular weight excluding hydrogens is 1640 g/mol. The van der Waals surface area contributed by atoms with Crippen LogP contribution >= 0.6 is 0 Å². The molecule has 29 rings (SSSR count). The summed E-state index contributed by atoms with van der Waals surface area (Å²) in [5.41, 5.74) is 31.5. The van der Waals surface area contributed by atoms with Crippen LogP contribution in [0, 0.1) is 0 Å². The largest absolute Gasteiger partial charge is 0.456 e. The zero-order chi connectivity index (χ0) is 88.0. The Balaban J connectivity index is 0.000000102. The molecule has 12 heteroatoms. The Labute approximate surface area is 765 Å². The highest BCUT2D eigenvalue weighted by Gasteiger charge is 2.28. The number of nitrogens with zero attached hydrogens (tertiary/aromatic N) is 9. The molecule has 0 N–H and O–H groups in total. The fourth-order valence-electron chi connectivity index (χ4n) is 20.5. The van der Waals surface area contributed by atoms with E-state index in [1.54, 1.807) is 0 Å². The first-order valence-electron chi connectivity index (χ1n) is 45.1. The third kappa shape index (κ3) is 12.2. The second kappa shape index (κ2) is 30.7. The van der Waals surface area contributed by atoms with Crippen molar-refractivity contribution in [2.45, 2.75) is 0 Å². The predicted octanol–water partition coefficient (Wildman–Crippen LogP) is 32.2. The van der Waals surface area contributed by atoms with Gasteiger partial charge in [0, 0.05) is 121 Å². The minimum atomic E-state index is 0.837. The number of hydrogen-bond acceptors (Lipinski definition) is 9. The minimum Gasteiger partial charge on any atom is -0.456 e. The molecule has 0 saturated heterocycles. The molecule has 624 valence electrons. The van der Waals surface area contributed by atoms with Crippen molar-refractivity contribution >= 4 is 186 Å². The highest BCUT2D eigenvalue weighted by atomic mass is 16.3. The Kier molecular flexibility index (Phi) is 17.4. The number of hydrogen-bond donors (Lipinski definition) is 0. The molecule has 0 aliphatic heterocycles. The van der Waals surface area contributed by atoms with E-state index in [1.165, 1.54) is 48.5 Å². The van der Waals surface area contributed by atoms with Crippen molar-refractivity contribution in [1.29, 1.82) is 0 Å². The van der Waals surface area contributed by atoms with Gasteiger partial charge in [-0.1, -0.05) is 334 Å². The Morgan fingerprint density at radius 3 is 1.02 bits per heavy atom. The smallest absolute Gasteiger partial charge is 0.160 e. The van der Waals surface area contributed by atoms with Crippen LogP contribution in [-0.4, -0.2) is 43.6 Å². The van der Waals surface area contributed by atoms with Crippen molar-refractivity contribution in [2.24, 2.45) is 0 Å². The summed E-state index contributed by atoms with van der Waals surface area (Å²) in [7, 11) is 0. The van der Waals surface area contributed by atoms with Crippen LogP contribution < -0.4 is 0 Å². The first-order valence-corrected chi connectivity index (χ1v) is 45.1. The zero-order valence-electron chi connectivity index (χ0n) is 71.9. The van der Waals surface area contributed by atoms with Gasteiger partial charge in [-0.2, -0.15) is 0 Å². The fraction of sp³-hybridized carbons (Fsp3) is 0. The van der Waals surface area contributed by atoms with E-state index in [9.17, 15) is 0 Å². The van der Waals surface area contributed by atoms with Gasteiger partial charge < -0.3 is 27.0 Å². The summed E-state index contributed by atoms with van der Waals surface area (Å²) in [5, 5.41) is 18.8. The standard InChI is InChI=1S/2C42H25N3O.C38H23N3O/c1-3-13-26(14-4-1)39-40(27-15-5-2-6-16-27)44-34-25-28(23-24-33(34)43-39)45-35-21-11-9-19-31(35)37-29-17-7-8-18-30(29)38-32-20-10-12-22-36(32)46-42(38)41(37)45;1-3-12-27(13-4-1)41-42(28-14-5-2-6-15-28)44-35-23-29(20-21-34(35)43-41)45-36-22-19-26-11-7-8-16-30(26)40(36)33-24-32-31-17-9-10-18-38(31)46-39(32)25-37(33)45;1-3-11-24(12-4-1)35-36(25-13-5-2-6-14-25)40-32-23-26(19-22-31(32)39-35)41-33-17-9-7-15-27(33)29-20-21-30-28-16-8-10-18-34(28)42-38(30)37(29)41/h2*1-25H;1-23H. The summed E-state index contributed by atoms with van der Waals surface area (Å²) in [6, 6.07) is 154. The highest BCUT2D eigenvalue weighted by molar-refractivity contribution is 6.35. The summed E-state index contributed by atoms with van der Waals surface area (Å²) in [6.45, 7) is 0. The molecule has 0 fully saturated rings. The molecule has 0 saturated carbocycles. The Morgan fingerprint density at radius 1 is 0.164 bits per heavy atom. The van der Waals surface area contributed by atoms with Gasteiger partial charge in [0.05, 0.1) is 100 Å². The number of aromatic nitrogens is 9. The predicted molar refractivity (Wildman–Crippen MR) is 551 cm³/mol. The Morgan fingerprint density at radius 2 is 0.522 bits per heavy atom. The Bertz CT molecular complexity index is 9830. The third-order valence-corrected chi connectivity index (χ3v) is 26.5. The molecule has 12 nitrogen and oxygen atoms in total. The van der Waals surface area contributed by atoms with Gasteiger partial charge in [-0.3, -0.25) is 0 Å². The summed E-state index contributed by atoms with van der Waals surface area (Å²) in [5.74, 6) is 0. The lowest BCUT2D eigenvalue weighted by atomic mass is 9.99. The van der Waals surface area contributed by atoms with Crippen LogP contribution in [0.3, 0.4) is 0 Å². The normalized spacial score (nSPS) is 11.9. The minimum absolute atomic E-state index is 0.837. The van der Waals surface area contributed by atoms with E-state index in [1.807, 2.05) is 140 Å². The first kappa shape index (κ1) is 75.8. The van der Waals surface area contributed by atoms with Crippen LogP contribution in [0.2, 0.25) is 0 Å². The molecule has 134 heavy (non-hydrogen) atoms. The third-order valence-electron chi connectivity index (χ3n) is 26.5. The summed E-state index contributed by atoms with van der Waals surface area (Å²) in [4.78, 5) is 31.4. The quantitative estimate of drug-likeness (QED) is 0.139. The van der Waals surface area contributed by atoms with E-state index < -0.39 is 0 Å². The van der Waals surface area contributed by atoms with Gasteiger partial charge in [0.2, 0.25) is 0 Å². The van der Waals surface area contributed by atoms with E-state index in [4.69, 9.17) is 43.2 Å². The molecule has 9 heterocycles. The van der Waals surface area contributed by atoms with Crippen molar-refractivity contribution < 1.29 is 13.3 Å². The lowest BCUT2D eigenvalue weighted by Crippen LogP contribution is -1.98. The number of fused-ring (bicyclic) bond motifs is 28. The molecule has 0 amide bonds. The van der Waals surface area contributed by atoms with Crippen LogP contribution in [-0.2, 0) is 0 Å². The maximum Gasteiger partial charge on any atom is 0.160 e. The van der Waals surface area contributed by atoms with E-state index in [-0.39, 0.29) is 0 Å².